The van der Waals surface area contributed by atoms with Crippen LogP contribution in [-0.2, 0) is 6.42 Å². The van der Waals surface area contributed by atoms with Gasteiger partial charge in [0.25, 0.3) is 5.56 Å². The molecule has 0 aliphatic carbocycles. The van der Waals surface area contributed by atoms with Crippen molar-refractivity contribution in [3.8, 4) is 5.75 Å². The van der Waals surface area contributed by atoms with Crippen LogP contribution in [0.1, 0.15) is 24.5 Å². The average Bonchev–Trinajstić information content (AvgIpc) is 2.41. The molecule has 2 aromatic rings. The third kappa shape index (κ3) is 3.23. The molecule has 0 bridgehead atoms. The number of rotatable bonds is 5. The van der Waals surface area contributed by atoms with Crippen molar-refractivity contribution in [2.24, 2.45) is 0 Å². The molecule has 3 heteroatoms. The molecule has 0 unspecified atom stereocenters. The van der Waals surface area contributed by atoms with Crippen LogP contribution in [0.15, 0.2) is 47.4 Å². The van der Waals surface area contributed by atoms with Gasteiger partial charge in [0.2, 0.25) is 0 Å². The predicted octanol–water partition coefficient (Wildman–Crippen LogP) is 2.75. The molecular weight excluding hydrogens is 226 g/mol. The van der Waals surface area contributed by atoms with Gasteiger partial charge >= 0.3 is 0 Å². The van der Waals surface area contributed by atoms with Crippen LogP contribution in [0.25, 0.3) is 0 Å². The van der Waals surface area contributed by atoms with Gasteiger partial charge in [-0.2, -0.15) is 0 Å². The Morgan fingerprint density at radius 2 is 1.94 bits per heavy atom. The normalized spacial score (nSPS) is 10.3. The van der Waals surface area contributed by atoms with Gasteiger partial charge in [-0.15, -0.1) is 0 Å². The van der Waals surface area contributed by atoms with Gasteiger partial charge in [-0.1, -0.05) is 25.1 Å². The first kappa shape index (κ1) is 12.4. The van der Waals surface area contributed by atoms with Gasteiger partial charge in [0.05, 0.1) is 6.61 Å². The van der Waals surface area contributed by atoms with Gasteiger partial charge in [-0.05, 0) is 30.2 Å². The highest BCUT2D eigenvalue weighted by atomic mass is 16.5. The minimum absolute atomic E-state index is 0.0243. The van der Waals surface area contributed by atoms with E-state index in [2.05, 4.69) is 11.9 Å². The van der Waals surface area contributed by atoms with Crippen molar-refractivity contribution >= 4 is 0 Å². The summed E-state index contributed by atoms with van der Waals surface area (Å²) in [5.74, 6) is 0.877. The molecule has 0 atom stereocenters. The van der Waals surface area contributed by atoms with E-state index in [1.807, 2.05) is 36.4 Å². The highest BCUT2D eigenvalue weighted by molar-refractivity contribution is 5.30. The van der Waals surface area contributed by atoms with Crippen LogP contribution in [0.2, 0.25) is 0 Å². The van der Waals surface area contributed by atoms with Crippen molar-refractivity contribution in [3.05, 3.63) is 64.1 Å². The third-order valence-corrected chi connectivity index (χ3v) is 2.69. The summed E-state index contributed by atoms with van der Waals surface area (Å²) in [5.41, 5.74) is 1.86. The first-order chi connectivity index (χ1) is 8.79. The maximum Gasteiger partial charge on any atom is 0.251 e. The van der Waals surface area contributed by atoms with Crippen LogP contribution in [0.4, 0.5) is 0 Å². The molecule has 18 heavy (non-hydrogen) atoms. The molecule has 0 aliphatic heterocycles. The van der Waals surface area contributed by atoms with Crippen LogP contribution < -0.4 is 10.3 Å². The number of hydrogen-bond acceptors (Lipinski definition) is 2. The summed E-state index contributed by atoms with van der Waals surface area (Å²) in [6.07, 6.45) is 3.29. The zero-order valence-electron chi connectivity index (χ0n) is 10.5. The molecule has 1 aromatic carbocycles. The lowest BCUT2D eigenvalue weighted by molar-refractivity contribution is 0.317. The summed E-state index contributed by atoms with van der Waals surface area (Å²) < 4.78 is 5.52. The van der Waals surface area contributed by atoms with Crippen molar-refractivity contribution in [2.45, 2.75) is 19.8 Å². The topological polar surface area (TPSA) is 42.1 Å². The Hall–Kier alpha value is -2.03. The molecule has 0 radical (unpaired) electrons. The summed E-state index contributed by atoms with van der Waals surface area (Å²) in [7, 11) is 0. The summed E-state index contributed by atoms with van der Waals surface area (Å²) in [4.78, 5) is 14.2. The molecule has 0 aliphatic rings. The SMILES string of the molecule is CCCOc1ccc(Cc2ccc[nH]c2=O)cc1. The van der Waals surface area contributed by atoms with Gasteiger partial charge in [0.1, 0.15) is 5.75 Å². The maximum absolute atomic E-state index is 11.6. The Labute approximate surface area is 106 Å². The maximum atomic E-state index is 11.6. The van der Waals surface area contributed by atoms with Gasteiger partial charge < -0.3 is 9.72 Å². The Bertz CT molecular complexity index is 543. The number of nitrogens with one attached hydrogen (secondary N) is 1. The molecule has 1 N–H and O–H groups in total. The second-order valence-electron chi connectivity index (χ2n) is 4.19. The van der Waals surface area contributed by atoms with E-state index in [1.54, 1.807) is 6.20 Å². The first-order valence-electron chi connectivity index (χ1n) is 6.18. The van der Waals surface area contributed by atoms with Crippen LogP contribution in [0, 0.1) is 0 Å². The molecule has 0 fully saturated rings. The molecule has 94 valence electrons. The van der Waals surface area contributed by atoms with Crippen molar-refractivity contribution in [1.82, 2.24) is 4.98 Å². The standard InChI is InChI=1S/C15H17NO2/c1-2-10-18-14-7-5-12(6-8-14)11-13-4-3-9-16-15(13)17/h3-9H,2,10-11H2,1H3,(H,16,17). The number of H-pyrrole nitrogens is 1. The van der Waals surface area contributed by atoms with Gasteiger partial charge in [0, 0.05) is 18.2 Å². The molecule has 0 amide bonds. The lowest BCUT2D eigenvalue weighted by Gasteiger charge is -2.05. The summed E-state index contributed by atoms with van der Waals surface area (Å²) in [6, 6.07) is 11.6. The second kappa shape index (κ2) is 6.05. The average molecular weight is 243 g/mol. The monoisotopic (exact) mass is 243 g/mol. The minimum atomic E-state index is -0.0243. The Kier molecular flexibility index (Phi) is 4.18. The molecule has 1 heterocycles. The van der Waals surface area contributed by atoms with E-state index in [9.17, 15) is 4.79 Å². The highest BCUT2D eigenvalue weighted by Crippen LogP contribution is 2.14. The van der Waals surface area contributed by atoms with E-state index < -0.39 is 0 Å². The molecule has 1 aromatic heterocycles. The van der Waals surface area contributed by atoms with Crippen molar-refractivity contribution in [1.29, 1.82) is 0 Å². The van der Waals surface area contributed by atoms with E-state index in [0.717, 1.165) is 29.9 Å². The zero-order chi connectivity index (χ0) is 12.8. The largest absolute Gasteiger partial charge is 0.494 e. The Morgan fingerprint density at radius 1 is 1.17 bits per heavy atom. The first-order valence-corrected chi connectivity index (χ1v) is 6.18. The molecule has 3 nitrogen and oxygen atoms in total. The van der Waals surface area contributed by atoms with E-state index >= 15 is 0 Å². The molecule has 0 saturated heterocycles. The second-order valence-corrected chi connectivity index (χ2v) is 4.19. The van der Waals surface area contributed by atoms with Crippen molar-refractivity contribution < 1.29 is 4.74 Å². The molecular formula is C15H17NO2. The number of aromatic amines is 1. The van der Waals surface area contributed by atoms with E-state index in [0.29, 0.717) is 6.42 Å². The fourth-order valence-corrected chi connectivity index (χ4v) is 1.74. The lowest BCUT2D eigenvalue weighted by Crippen LogP contribution is -2.11. The Morgan fingerprint density at radius 3 is 2.61 bits per heavy atom. The summed E-state index contributed by atoms with van der Waals surface area (Å²) in [6.45, 7) is 2.81. The quantitative estimate of drug-likeness (QED) is 0.877. The number of benzene rings is 1. The van der Waals surface area contributed by atoms with Crippen LogP contribution in [-0.4, -0.2) is 11.6 Å². The van der Waals surface area contributed by atoms with E-state index in [4.69, 9.17) is 4.74 Å². The number of hydrogen-bond donors (Lipinski definition) is 1. The summed E-state index contributed by atoms with van der Waals surface area (Å²) in [5, 5.41) is 0. The fourth-order valence-electron chi connectivity index (χ4n) is 1.74. The van der Waals surface area contributed by atoms with Gasteiger partial charge in [0.15, 0.2) is 0 Å². The van der Waals surface area contributed by atoms with Crippen molar-refractivity contribution in [2.75, 3.05) is 6.61 Å². The fraction of sp³-hybridized carbons (Fsp3) is 0.267. The number of aromatic nitrogens is 1. The predicted molar refractivity (Wildman–Crippen MR) is 72.1 cm³/mol. The van der Waals surface area contributed by atoms with Gasteiger partial charge in [-0.3, -0.25) is 4.79 Å². The van der Waals surface area contributed by atoms with Crippen LogP contribution in [0.3, 0.4) is 0 Å². The minimum Gasteiger partial charge on any atom is -0.494 e. The van der Waals surface area contributed by atoms with Crippen molar-refractivity contribution in [3.63, 3.8) is 0 Å². The number of ether oxygens (including phenoxy) is 1. The van der Waals surface area contributed by atoms with Crippen LogP contribution >= 0.6 is 0 Å². The van der Waals surface area contributed by atoms with E-state index in [1.165, 1.54) is 0 Å². The number of pyridine rings is 1. The lowest BCUT2D eigenvalue weighted by atomic mass is 10.1. The summed E-state index contributed by atoms with van der Waals surface area (Å²) >= 11 is 0. The third-order valence-electron chi connectivity index (χ3n) is 2.69. The van der Waals surface area contributed by atoms with Gasteiger partial charge in [-0.25, -0.2) is 0 Å². The molecule has 2 rings (SSSR count). The zero-order valence-corrected chi connectivity index (χ0v) is 10.5. The van der Waals surface area contributed by atoms with E-state index in [-0.39, 0.29) is 5.56 Å². The van der Waals surface area contributed by atoms with Crippen LogP contribution in [0.5, 0.6) is 5.75 Å². The smallest absolute Gasteiger partial charge is 0.251 e. The highest BCUT2D eigenvalue weighted by Gasteiger charge is 2.01. The Balaban J connectivity index is 2.07. The molecule has 0 saturated carbocycles. The molecule has 0 spiro atoms.